The number of nitrogens with one attached hydrogen (secondary N) is 1. The fourth-order valence-corrected chi connectivity index (χ4v) is 4.02. The molecule has 0 aliphatic heterocycles. The van der Waals surface area contributed by atoms with Crippen LogP contribution in [-0.2, 0) is 16.6 Å². The van der Waals surface area contributed by atoms with E-state index >= 15 is 0 Å². The van der Waals surface area contributed by atoms with E-state index in [9.17, 15) is 12.8 Å². The molecule has 2 rings (SSSR count). The minimum Gasteiger partial charge on any atom is -0.392 e. The maximum absolute atomic E-state index is 13.7. The largest absolute Gasteiger partial charge is 0.392 e. The summed E-state index contributed by atoms with van der Waals surface area (Å²) >= 11 is 7.72. The van der Waals surface area contributed by atoms with Gasteiger partial charge in [0.1, 0.15) is 10.7 Å². The molecule has 0 aliphatic rings. The predicted molar refractivity (Wildman–Crippen MR) is 87.3 cm³/mol. The number of sulfonamides is 1. The highest BCUT2D eigenvalue weighted by molar-refractivity contribution is 14.1. The van der Waals surface area contributed by atoms with Crippen LogP contribution in [0.2, 0.25) is 5.02 Å². The first kappa shape index (κ1) is 16.5. The molecule has 21 heavy (non-hydrogen) atoms. The van der Waals surface area contributed by atoms with Gasteiger partial charge in [-0.15, -0.1) is 0 Å². The highest BCUT2D eigenvalue weighted by Crippen LogP contribution is 2.26. The topological polar surface area (TPSA) is 66.4 Å². The molecule has 0 fully saturated rings. The van der Waals surface area contributed by atoms with E-state index in [1.165, 1.54) is 18.2 Å². The lowest BCUT2D eigenvalue weighted by Crippen LogP contribution is -2.15. The van der Waals surface area contributed by atoms with Gasteiger partial charge in [-0.25, -0.2) is 12.8 Å². The van der Waals surface area contributed by atoms with Crippen molar-refractivity contribution in [3.05, 3.63) is 56.4 Å². The lowest BCUT2D eigenvalue weighted by atomic mass is 10.2. The Bertz CT molecular complexity index is 783. The molecule has 0 spiro atoms. The van der Waals surface area contributed by atoms with Crippen molar-refractivity contribution in [3.8, 4) is 0 Å². The summed E-state index contributed by atoms with van der Waals surface area (Å²) in [5.41, 5.74) is 0.608. The molecular formula is C13H10ClFINO3S. The van der Waals surface area contributed by atoms with E-state index in [1.54, 1.807) is 6.07 Å². The van der Waals surface area contributed by atoms with Crippen LogP contribution in [0.1, 0.15) is 5.56 Å². The van der Waals surface area contributed by atoms with Gasteiger partial charge in [-0.2, -0.15) is 0 Å². The zero-order chi connectivity index (χ0) is 15.6. The van der Waals surface area contributed by atoms with Crippen LogP contribution in [0.4, 0.5) is 10.1 Å². The third kappa shape index (κ3) is 3.85. The van der Waals surface area contributed by atoms with Gasteiger partial charge in [0, 0.05) is 8.59 Å². The van der Waals surface area contributed by atoms with Crippen molar-refractivity contribution >= 4 is 49.9 Å². The zero-order valence-corrected chi connectivity index (χ0v) is 14.2. The Morgan fingerprint density at radius 3 is 2.57 bits per heavy atom. The summed E-state index contributed by atoms with van der Waals surface area (Å²) in [5.74, 6) is -0.885. The summed E-state index contributed by atoms with van der Waals surface area (Å²) in [7, 11) is -4.10. The summed E-state index contributed by atoms with van der Waals surface area (Å²) in [6.45, 7) is -0.374. The summed E-state index contributed by atoms with van der Waals surface area (Å²) in [6, 6.07) is 8.03. The van der Waals surface area contributed by atoms with Crippen LogP contribution in [0.25, 0.3) is 0 Å². The van der Waals surface area contributed by atoms with Crippen LogP contribution in [0.3, 0.4) is 0 Å². The molecule has 0 atom stereocenters. The number of rotatable bonds is 4. The van der Waals surface area contributed by atoms with Crippen molar-refractivity contribution in [2.75, 3.05) is 4.72 Å². The van der Waals surface area contributed by atoms with Crippen LogP contribution >= 0.6 is 34.2 Å². The van der Waals surface area contributed by atoms with Crippen molar-refractivity contribution in [2.45, 2.75) is 11.5 Å². The minimum atomic E-state index is -4.10. The Morgan fingerprint density at radius 1 is 1.24 bits per heavy atom. The molecule has 0 bridgehead atoms. The van der Waals surface area contributed by atoms with Crippen molar-refractivity contribution in [1.29, 1.82) is 0 Å². The zero-order valence-electron chi connectivity index (χ0n) is 10.5. The molecule has 8 heteroatoms. The molecule has 0 saturated heterocycles. The van der Waals surface area contributed by atoms with Gasteiger partial charge >= 0.3 is 0 Å². The van der Waals surface area contributed by atoms with Gasteiger partial charge in [-0.05, 0) is 58.5 Å². The second kappa shape index (κ2) is 6.47. The Hall–Kier alpha value is -0.900. The normalized spacial score (nSPS) is 11.4. The first-order valence-electron chi connectivity index (χ1n) is 5.70. The number of aliphatic hydroxyl groups is 1. The maximum atomic E-state index is 13.7. The number of aliphatic hydroxyl groups excluding tert-OH is 1. The van der Waals surface area contributed by atoms with Crippen LogP contribution < -0.4 is 4.72 Å². The van der Waals surface area contributed by atoms with E-state index in [0.29, 0.717) is 19.8 Å². The van der Waals surface area contributed by atoms with Crippen LogP contribution in [0.15, 0.2) is 41.3 Å². The lowest BCUT2D eigenvalue weighted by molar-refractivity contribution is 0.281. The minimum absolute atomic E-state index is 0.300. The van der Waals surface area contributed by atoms with E-state index in [1.807, 2.05) is 22.6 Å². The standard InChI is InChI=1S/C13H10ClFINO3S/c14-9-2-4-12(11(16)6-9)17-21(19,20)13-5-8(7-18)1-3-10(13)15/h1-6,17-18H,7H2. The summed E-state index contributed by atoms with van der Waals surface area (Å²) < 4.78 is 41.2. The third-order valence-corrected chi connectivity index (χ3v) is 5.15. The highest BCUT2D eigenvalue weighted by atomic mass is 127. The van der Waals surface area contributed by atoms with E-state index in [0.717, 1.165) is 12.1 Å². The molecule has 0 heterocycles. The highest BCUT2D eigenvalue weighted by Gasteiger charge is 2.20. The Morgan fingerprint density at radius 2 is 1.95 bits per heavy atom. The Labute approximate surface area is 140 Å². The van der Waals surface area contributed by atoms with Crippen molar-refractivity contribution in [3.63, 3.8) is 0 Å². The second-order valence-corrected chi connectivity index (χ2v) is 7.40. The Balaban J connectivity index is 2.43. The van der Waals surface area contributed by atoms with Gasteiger partial charge in [0.25, 0.3) is 10.0 Å². The van der Waals surface area contributed by atoms with Crippen LogP contribution in [-0.4, -0.2) is 13.5 Å². The van der Waals surface area contributed by atoms with Gasteiger partial charge < -0.3 is 5.11 Å². The van der Waals surface area contributed by atoms with E-state index in [-0.39, 0.29) is 6.61 Å². The SMILES string of the molecule is O=S(=O)(Nc1ccc(Cl)cc1I)c1cc(CO)ccc1F. The lowest BCUT2D eigenvalue weighted by Gasteiger charge is -2.11. The number of hydrogen-bond donors (Lipinski definition) is 2. The molecule has 2 N–H and O–H groups in total. The van der Waals surface area contributed by atoms with E-state index in [2.05, 4.69) is 4.72 Å². The quantitative estimate of drug-likeness (QED) is 0.715. The molecule has 4 nitrogen and oxygen atoms in total. The summed E-state index contributed by atoms with van der Waals surface area (Å²) in [6.07, 6.45) is 0. The van der Waals surface area contributed by atoms with Crippen LogP contribution in [0, 0.1) is 9.39 Å². The molecule has 112 valence electrons. The van der Waals surface area contributed by atoms with Gasteiger partial charge in [0.15, 0.2) is 0 Å². The molecule has 0 aliphatic carbocycles. The third-order valence-electron chi connectivity index (χ3n) is 2.64. The molecule has 0 aromatic heterocycles. The molecule has 0 saturated carbocycles. The average molecular weight is 442 g/mol. The second-order valence-electron chi connectivity index (χ2n) is 4.15. The van der Waals surface area contributed by atoms with Gasteiger partial charge in [-0.3, -0.25) is 4.72 Å². The summed E-state index contributed by atoms with van der Waals surface area (Å²) in [4.78, 5) is -0.514. The molecule has 0 radical (unpaired) electrons. The number of anilines is 1. The first-order valence-corrected chi connectivity index (χ1v) is 8.64. The van der Waals surface area contributed by atoms with E-state index < -0.39 is 20.7 Å². The number of benzene rings is 2. The smallest absolute Gasteiger partial charge is 0.264 e. The average Bonchev–Trinajstić information content (AvgIpc) is 2.42. The predicted octanol–water partition coefficient (Wildman–Crippen LogP) is 3.38. The Kier molecular flexibility index (Phi) is 5.07. The van der Waals surface area contributed by atoms with Crippen molar-refractivity contribution < 1.29 is 17.9 Å². The van der Waals surface area contributed by atoms with Crippen molar-refractivity contribution in [2.24, 2.45) is 0 Å². The summed E-state index contributed by atoms with van der Waals surface area (Å²) in [5, 5.41) is 9.50. The fraction of sp³-hybridized carbons (Fsp3) is 0.0769. The molecule has 2 aromatic rings. The van der Waals surface area contributed by atoms with Gasteiger partial charge in [0.2, 0.25) is 0 Å². The van der Waals surface area contributed by atoms with Gasteiger partial charge in [-0.1, -0.05) is 17.7 Å². The van der Waals surface area contributed by atoms with Crippen molar-refractivity contribution in [1.82, 2.24) is 0 Å². The molecule has 0 amide bonds. The van der Waals surface area contributed by atoms with Crippen LogP contribution in [0.5, 0.6) is 0 Å². The fourth-order valence-electron chi connectivity index (χ4n) is 1.62. The first-order chi connectivity index (χ1) is 9.83. The molecule has 2 aromatic carbocycles. The van der Waals surface area contributed by atoms with E-state index in [4.69, 9.17) is 16.7 Å². The monoisotopic (exact) mass is 441 g/mol. The number of halogens is 3. The molecule has 0 unspecified atom stereocenters. The molecular weight excluding hydrogens is 432 g/mol. The van der Waals surface area contributed by atoms with Gasteiger partial charge in [0.05, 0.1) is 12.3 Å². The number of hydrogen-bond acceptors (Lipinski definition) is 3. The maximum Gasteiger partial charge on any atom is 0.264 e.